The summed E-state index contributed by atoms with van der Waals surface area (Å²) < 4.78 is 0. The molecule has 86 valence electrons. The molecule has 2 aromatic rings. The van der Waals surface area contributed by atoms with Gasteiger partial charge in [-0.3, -0.25) is 10.1 Å². The summed E-state index contributed by atoms with van der Waals surface area (Å²) in [5.74, 6) is -0.0977. The zero-order valence-electron chi connectivity index (χ0n) is 8.46. The highest BCUT2D eigenvalue weighted by molar-refractivity contribution is 5.84. The van der Waals surface area contributed by atoms with Gasteiger partial charge in [0.05, 0.1) is 11.1 Å². The van der Waals surface area contributed by atoms with Crippen molar-refractivity contribution in [3.8, 4) is 5.75 Å². The standard InChI is InChI=1S/C9H7N5O3/c15-9-2-1-8(14(16)17)3-7(9)4-11-13-6-10-5-12-13/h1-6,15H. The van der Waals surface area contributed by atoms with Gasteiger partial charge in [-0.05, 0) is 6.07 Å². The highest BCUT2D eigenvalue weighted by Crippen LogP contribution is 2.21. The summed E-state index contributed by atoms with van der Waals surface area (Å²) >= 11 is 0. The maximum atomic E-state index is 10.5. The van der Waals surface area contributed by atoms with Crippen molar-refractivity contribution < 1.29 is 10.0 Å². The van der Waals surface area contributed by atoms with E-state index in [1.807, 2.05) is 0 Å². The summed E-state index contributed by atoms with van der Waals surface area (Å²) in [7, 11) is 0. The molecule has 8 nitrogen and oxygen atoms in total. The van der Waals surface area contributed by atoms with Crippen LogP contribution in [0.2, 0.25) is 0 Å². The molecule has 0 aliphatic carbocycles. The highest BCUT2D eigenvalue weighted by atomic mass is 16.6. The maximum absolute atomic E-state index is 10.5. The van der Waals surface area contributed by atoms with E-state index >= 15 is 0 Å². The van der Waals surface area contributed by atoms with Gasteiger partial charge in [0.1, 0.15) is 18.4 Å². The molecular weight excluding hydrogens is 226 g/mol. The number of aromatic hydroxyl groups is 1. The zero-order chi connectivity index (χ0) is 12.3. The number of phenols is 1. The summed E-state index contributed by atoms with van der Waals surface area (Å²) in [4.78, 5) is 14.8. The van der Waals surface area contributed by atoms with Crippen LogP contribution in [0.15, 0.2) is 36.0 Å². The lowest BCUT2D eigenvalue weighted by Gasteiger charge is -1.98. The van der Waals surface area contributed by atoms with Gasteiger partial charge in [0, 0.05) is 17.7 Å². The van der Waals surface area contributed by atoms with Gasteiger partial charge in [0.2, 0.25) is 0 Å². The molecule has 0 amide bonds. The van der Waals surface area contributed by atoms with E-state index in [1.54, 1.807) is 0 Å². The number of nitro groups is 1. The molecule has 0 spiro atoms. The Morgan fingerprint density at radius 3 is 3.00 bits per heavy atom. The van der Waals surface area contributed by atoms with Crippen molar-refractivity contribution in [1.29, 1.82) is 0 Å². The Morgan fingerprint density at radius 2 is 2.35 bits per heavy atom. The first kappa shape index (κ1) is 10.7. The third-order valence-corrected chi connectivity index (χ3v) is 1.94. The lowest BCUT2D eigenvalue weighted by Crippen LogP contribution is -1.93. The normalized spacial score (nSPS) is 10.8. The number of phenolic OH excluding ortho intramolecular Hbond substituents is 1. The lowest BCUT2D eigenvalue weighted by molar-refractivity contribution is -0.384. The minimum atomic E-state index is -0.549. The first-order chi connectivity index (χ1) is 8.16. The third-order valence-electron chi connectivity index (χ3n) is 1.94. The Kier molecular flexibility index (Phi) is 2.77. The van der Waals surface area contributed by atoms with Crippen LogP contribution < -0.4 is 0 Å². The predicted octanol–water partition coefficient (Wildman–Crippen LogP) is 0.774. The first-order valence-corrected chi connectivity index (χ1v) is 4.53. The number of nitro benzene ring substituents is 1. The molecule has 0 radical (unpaired) electrons. The summed E-state index contributed by atoms with van der Waals surface area (Å²) in [6, 6.07) is 3.67. The number of benzene rings is 1. The third kappa shape index (κ3) is 2.43. The average molecular weight is 233 g/mol. The molecule has 2 rings (SSSR count). The lowest BCUT2D eigenvalue weighted by atomic mass is 10.2. The van der Waals surface area contributed by atoms with Crippen LogP contribution in [-0.2, 0) is 0 Å². The number of nitrogens with zero attached hydrogens (tertiary/aromatic N) is 5. The van der Waals surface area contributed by atoms with Crippen molar-refractivity contribution in [3.63, 3.8) is 0 Å². The quantitative estimate of drug-likeness (QED) is 0.478. The molecule has 0 saturated heterocycles. The monoisotopic (exact) mass is 233 g/mol. The van der Waals surface area contributed by atoms with Gasteiger partial charge in [-0.1, -0.05) is 0 Å². The number of hydrogen-bond acceptors (Lipinski definition) is 6. The molecule has 1 aromatic heterocycles. The molecule has 0 unspecified atom stereocenters. The minimum Gasteiger partial charge on any atom is -0.507 e. The molecule has 0 aliphatic heterocycles. The van der Waals surface area contributed by atoms with E-state index in [9.17, 15) is 15.2 Å². The molecular formula is C9H7N5O3. The average Bonchev–Trinajstić information content (AvgIpc) is 2.80. The van der Waals surface area contributed by atoms with Crippen LogP contribution in [0.25, 0.3) is 0 Å². The van der Waals surface area contributed by atoms with Crippen LogP contribution in [0.3, 0.4) is 0 Å². The van der Waals surface area contributed by atoms with Gasteiger partial charge in [0.25, 0.3) is 5.69 Å². The van der Waals surface area contributed by atoms with E-state index < -0.39 is 4.92 Å². The van der Waals surface area contributed by atoms with Gasteiger partial charge in [-0.15, -0.1) is 9.89 Å². The Hall–Kier alpha value is -2.77. The molecule has 0 saturated carbocycles. The molecule has 1 aromatic carbocycles. The van der Waals surface area contributed by atoms with Gasteiger partial charge < -0.3 is 5.11 Å². The van der Waals surface area contributed by atoms with E-state index in [1.165, 1.54) is 37.1 Å². The molecule has 0 bridgehead atoms. The molecule has 0 aliphatic rings. The van der Waals surface area contributed by atoms with Crippen LogP contribution in [0.4, 0.5) is 5.69 Å². The second-order valence-corrected chi connectivity index (χ2v) is 3.06. The summed E-state index contributed by atoms with van der Waals surface area (Å²) in [6.07, 6.45) is 3.91. The molecule has 17 heavy (non-hydrogen) atoms. The SMILES string of the molecule is O=[N+]([O-])c1ccc(O)c(C=Nn2cncn2)c1. The fourth-order valence-electron chi connectivity index (χ4n) is 1.14. The van der Waals surface area contributed by atoms with Gasteiger partial charge in [-0.25, -0.2) is 4.98 Å². The second kappa shape index (κ2) is 4.39. The van der Waals surface area contributed by atoms with Crippen molar-refractivity contribution in [2.75, 3.05) is 0 Å². The Bertz CT molecular complexity index is 564. The van der Waals surface area contributed by atoms with E-state index in [0.29, 0.717) is 0 Å². The number of non-ortho nitro benzene ring substituents is 1. The Labute approximate surface area is 95.0 Å². The minimum absolute atomic E-state index is 0.0977. The van der Waals surface area contributed by atoms with E-state index in [2.05, 4.69) is 15.2 Å². The van der Waals surface area contributed by atoms with Crippen molar-refractivity contribution >= 4 is 11.9 Å². The van der Waals surface area contributed by atoms with Crippen LogP contribution in [-0.4, -0.2) is 31.1 Å². The maximum Gasteiger partial charge on any atom is 0.270 e. The second-order valence-electron chi connectivity index (χ2n) is 3.06. The summed E-state index contributed by atoms with van der Waals surface area (Å²) in [5, 5.41) is 27.6. The number of rotatable bonds is 3. The summed E-state index contributed by atoms with van der Waals surface area (Å²) in [6.45, 7) is 0. The Morgan fingerprint density at radius 1 is 1.53 bits per heavy atom. The largest absolute Gasteiger partial charge is 0.507 e. The molecule has 0 atom stereocenters. The van der Waals surface area contributed by atoms with Crippen LogP contribution >= 0.6 is 0 Å². The topological polar surface area (TPSA) is 106 Å². The van der Waals surface area contributed by atoms with Crippen LogP contribution in [0.1, 0.15) is 5.56 Å². The van der Waals surface area contributed by atoms with Crippen LogP contribution in [0, 0.1) is 10.1 Å². The van der Waals surface area contributed by atoms with Gasteiger partial charge in [-0.2, -0.15) is 5.10 Å². The fourth-order valence-corrected chi connectivity index (χ4v) is 1.14. The van der Waals surface area contributed by atoms with E-state index in [0.717, 1.165) is 4.79 Å². The van der Waals surface area contributed by atoms with Crippen molar-refractivity contribution in [2.24, 2.45) is 5.10 Å². The first-order valence-electron chi connectivity index (χ1n) is 4.53. The van der Waals surface area contributed by atoms with Crippen molar-refractivity contribution in [2.45, 2.75) is 0 Å². The summed E-state index contributed by atoms with van der Waals surface area (Å²) in [5.41, 5.74) is 0.109. The van der Waals surface area contributed by atoms with E-state index in [-0.39, 0.29) is 17.0 Å². The molecule has 1 heterocycles. The van der Waals surface area contributed by atoms with Crippen molar-refractivity contribution in [1.82, 2.24) is 14.9 Å². The molecule has 0 fully saturated rings. The van der Waals surface area contributed by atoms with E-state index in [4.69, 9.17) is 0 Å². The Balaban J connectivity index is 2.31. The predicted molar refractivity (Wildman–Crippen MR) is 57.8 cm³/mol. The van der Waals surface area contributed by atoms with Crippen LogP contribution in [0.5, 0.6) is 5.75 Å². The van der Waals surface area contributed by atoms with Gasteiger partial charge >= 0.3 is 0 Å². The van der Waals surface area contributed by atoms with Gasteiger partial charge in [0.15, 0.2) is 0 Å². The smallest absolute Gasteiger partial charge is 0.270 e. The highest BCUT2D eigenvalue weighted by Gasteiger charge is 2.08. The molecule has 8 heteroatoms. The van der Waals surface area contributed by atoms with Crippen molar-refractivity contribution in [3.05, 3.63) is 46.5 Å². The number of hydrogen-bond donors (Lipinski definition) is 1. The fraction of sp³-hybridized carbons (Fsp3) is 0. The number of aromatic nitrogens is 3. The molecule has 1 N–H and O–H groups in total. The zero-order valence-corrected chi connectivity index (χ0v) is 8.46.